The lowest BCUT2D eigenvalue weighted by atomic mass is 10.2. The van der Waals surface area contributed by atoms with Gasteiger partial charge in [-0.3, -0.25) is 4.79 Å². The Bertz CT molecular complexity index is 715. The van der Waals surface area contributed by atoms with Crippen LogP contribution in [-0.4, -0.2) is 17.6 Å². The van der Waals surface area contributed by atoms with Crippen molar-refractivity contribution in [3.05, 3.63) is 51.7 Å². The van der Waals surface area contributed by atoms with Gasteiger partial charge in [0.25, 0.3) is 5.91 Å². The molecule has 0 atom stereocenters. The van der Waals surface area contributed by atoms with Crippen LogP contribution in [0, 0.1) is 23.2 Å². The topological polar surface area (TPSA) is 73.1 Å². The summed E-state index contributed by atoms with van der Waals surface area (Å²) in [5, 5.41) is 20.0. The van der Waals surface area contributed by atoms with Gasteiger partial charge in [-0.05, 0) is 36.4 Å². The van der Waals surface area contributed by atoms with Crippen molar-refractivity contribution in [3.63, 3.8) is 0 Å². The predicted molar refractivity (Wildman–Crippen MR) is 77.4 cm³/mol. The number of thiophene rings is 1. The summed E-state index contributed by atoms with van der Waals surface area (Å²) in [4.78, 5) is 13.3. The first kappa shape index (κ1) is 13.8. The Hall–Kier alpha value is -2.60. The third-order valence-electron chi connectivity index (χ3n) is 2.39. The van der Waals surface area contributed by atoms with Crippen LogP contribution in [0.1, 0.15) is 20.1 Å². The molecule has 20 heavy (non-hydrogen) atoms. The highest BCUT2D eigenvalue weighted by atomic mass is 32.1. The van der Waals surface area contributed by atoms with Gasteiger partial charge in [-0.2, -0.15) is 5.26 Å². The fourth-order valence-electron chi connectivity index (χ4n) is 1.47. The van der Waals surface area contributed by atoms with Crippen molar-refractivity contribution in [1.29, 1.82) is 5.26 Å². The molecule has 0 unspecified atom stereocenters. The molecular weight excluding hydrogens is 272 g/mol. The minimum absolute atomic E-state index is 0.204. The molecule has 0 saturated heterocycles. The summed E-state index contributed by atoms with van der Waals surface area (Å²) in [6.07, 6.45) is 0. The zero-order valence-electron chi connectivity index (χ0n) is 10.4. The van der Waals surface area contributed by atoms with Crippen molar-refractivity contribution in [2.24, 2.45) is 0 Å². The molecule has 2 aromatic rings. The van der Waals surface area contributed by atoms with Gasteiger partial charge < -0.3 is 10.4 Å². The SMILES string of the molecule is N#Cc1ccc(NC(=O)c2ccc(C#CCO)s2)cc1. The molecule has 0 radical (unpaired) electrons. The first-order valence-electron chi connectivity index (χ1n) is 5.74. The molecule has 1 aromatic carbocycles. The van der Waals surface area contributed by atoms with Crippen LogP contribution >= 0.6 is 11.3 Å². The number of benzene rings is 1. The average molecular weight is 282 g/mol. The van der Waals surface area contributed by atoms with E-state index in [1.165, 1.54) is 11.3 Å². The summed E-state index contributed by atoms with van der Waals surface area (Å²) < 4.78 is 0. The molecule has 4 nitrogen and oxygen atoms in total. The first-order chi connectivity index (χ1) is 9.72. The van der Waals surface area contributed by atoms with Crippen molar-refractivity contribution < 1.29 is 9.90 Å². The number of aliphatic hydroxyl groups is 1. The van der Waals surface area contributed by atoms with Gasteiger partial charge in [-0.15, -0.1) is 11.3 Å². The highest BCUT2D eigenvalue weighted by Gasteiger charge is 2.08. The second-order valence-electron chi connectivity index (χ2n) is 3.77. The van der Waals surface area contributed by atoms with E-state index in [1.807, 2.05) is 6.07 Å². The minimum Gasteiger partial charge on any atom is -0.384 e. The van der Waals surface area contributed by atoms with E-state index in [0.717, 1.165) is 4.88 Å². The quantitative estimate of drug-likeness (QED) is 0.829. The van der Waals surface area contributed by atoms with Gasteiger partial charge in [0.1, 0.15) is 6.61 Å². The number of hydrogen-bond acceptors (Lipinski definition) is 4. The molecule has 2 rings (SSSR count). The molecule has 5 heteroatoms. The monoisotopic (exact) mass is 282 g/mol. The number of aliphatic hydroxyl groups excluding tert-OH is 1. The molecule has 2 N–H and O–H groups in total. The molecule has 98 valence electrons. The molecule has 0 bridgehead atoms. The molecule has 1 amide bonds. The minimum atomic E-state index is -0.225. The molecule has 0 aliphatic rings. The largest absolute Gasteiger partial charge is 0.384 e. The smallest absolute Gasteiger partial charge is 0.265 e. The molecule has 1 heterocycles. The lowest BCUT2D eigenvalue weighted by Gasteiger charge is -2.02. The number of hydrogen-bond donors (Lipinski definition) is 2. The number of anilines is 1. The number of carbonyl (C=O) groups is 1. The summed E-state index contributed by atoms with van der Waals surface area (Å²) in [5.74, 6) is 5.06. The maximum atomic E-state index is 12.0. The molecule has 0 aliphatic heterocycles. The number of rotatable bonds is 2. The second-order valence-corrected chi connectivity index (χ2v) is 4.85. The lowest BCUT2D eigenvalue weighted by Crippen LogP contribution is -2.09. The van der Waals surface area contributed by atoms with Gasteiger partial charge in [0.2, 0.25) is 0 Å². The first-order valence-corrected chi connectivity index (χ1v) is 6.55. The highest BCUT2D eigenvalue weighted by Crippen LogP contribution is 2.17. The fourth-order valence-corrected chi connectivity index (χ4v) is 2.25. The van der Waals surface area contributed by atoms with Gasteiger partial charge in [0.15, 0.2) is 0 Å². The number of carbonyl (C=O) groups excluding carboxylic acids is 1. The normalized spacial score (nSPS) is 9.20. The molecule has 0 aliphatic carbocycles. The maximum Gasteiger partial charge on any atom is 0.265 e. The lowest BCUT2D eigenvalue weighted by molar-refractivity contribution is 0.103. The summed E-state index contributed by atoms with van der Waals surface area (Å²) in [5.41, 5.74) is 1.17. The Kier molecular flexibility index (Phi) is 4.52. The van der Waals surface area contributed by atoms with E-state index in [-0.39, 0.29) is 12.5 Å². The fraction of sp³-hybridized carbons (Fsp3) is 0.0667. The zero-order chi connectivity index (χ0) is 14.4. The van der Waals surface area contributed by atoms with Crippen molar-refractivity contribution in [2.45, 2.75) is 0 Å². The molecule has 0 fully saturated rings. The third kappa shape index (κ3) is 3.46. The Balaban J connectivity index is 2.07. The Morgan fingerprint density at radius 1 is 1.25 bits per heavy atom. The van der Waals surface area contributed by atoms with Crippen molar-refractivity contribution in [3.8, 4) is 17.9 Å². The van der Waals surface area contributed by atoms with E-state index < -0.39 is 0 Å². The van der Waals surface area contributed by atoms with E-state index in [9.17, 15) is 4.79 Å². The van der Waals surface area contributed by atoms with Crippen LogP contribution < -0.4 is 5.32 Å². The second kappa shape index (κ2) is 6.53. The van der Waals surface area contributed by atoms with Gasteiger partial charge in [-0.25, -0.2) is 0 Å². The highest BCUT2D eigenvalue weighted by molar-refractivity contribution is 7.14. The standard InChI is InChI=1S/C15H10N2O2S/c16-10-11-3-5-12(6-4-11)17-15(19)14-8-7-13(20-14)2-1-9-18/h3-8,18H,9H2,(H,17,19). The van der Waals surface area contributed by atoms with E-state index in [4.69, 9.17) is 10.4 Å². The van der Waals surface area contributed by atoms with Crippen LogP contribution in [0.5, 0.6) is 0 Å². The van der Waals surface area contributed by atoms with E-state index in [2.05, 4.69) is 17.2 Å². The summed E-state index contributed by atoms with van der Waals surface area (Å²) in [7, 11) is 0. The van der Waals surface area contributed by atoms with Gasteiger partial charge >= 0.3 is 0 Å². The van der Waals surface area contributed by atoms with E-state index in [1.54, 1.807) is 36.4 Å². The molecule has 1 aromatic heterocycles. The van der Waals surface area contributed by atoms with Crippen molar-refractivity contribution >= 4 is 22.9 Å². The number of amides is 1. The predicted octanol–water partition coefficient (Wildman–Crippen LogP) is 2.22. The van der Waals surface area contributed by atoms with Crippen LogP contribution in [0.25, 0.3) is 0 Å². The average Bonchev–Trinajstić information content (AvgIpc) is 2.95. The van der Waals surface area contributed by atoms with Crippen LogP contribution in [0.3, 0.4) is 0 Å². The van der Waals surface area contributed by atoms with Crippen LogP contribution in [0.2, 0.25) is 0 Å². The van der Waals surface area contributed by atoms with Gasteiger partial charge in [0, 0.05) is 5.69 Å². The van der Waals surface area contributed by atoms with Crippen LogP contribution in [0.4, 0.5) is 5.69 Å². The molecule has 0 saturated carbocycles. The van der Waals surface area contributed by atoms with Crippen LogP contribution in [0.15, 0.2) is 36.4 Å². The maximum absolute atomic E-state index is 12.0. The Labute approximate surface area is 120 Å². The van der Waals surface area contributed by atoms with E-state index >= 15 is 0 Å². The summed E-state index contributed by atoms with van der Waals surface area (Å²) in [6.45, 7) is -0.204. The van der Waals surface area contributed by atoms with Gasteiger partial charge in [0.05, 0.1) is 21.4 Å². The number of nitrogens with one attached hydrogen (secondary N) is 1. The zero-order valence-corrected chi connectivity index (χ0v) is 11.2. The summed E-state index contributed by atoms with van der Waals surface area (Å²) >= 11 is 1.26. The Morgan fingerprint density at radius 2 is 2.00 bits per heavy atom. The Morgan fingerprint density at radius 3 is 2.65 bits per heavy atom. The summed E-state index contributed by atoms with van der Waals surface area (Å²) in [6, 6.07) is 12.1. The van der Waals surface area contributed by atoms with Crippen molar-refractivity contribution in [2.75, 3.05) is 11.9 Å². The van der Waals surface area contributed by atoms with Crippen molar-refractivity contribution in [1.82, 2.24) is 0 Å². The van der Waals surface area contributed by atoms with Crippen LogP contribution in [-0.2, 0) is 0 Å². The van der Waals surface area contributed by atoms with E-state index in [0.29, 0.717) is 16.1 Å². The number of nitriles is 1. The third-order valence-corrected chi connectivity index (χ3v) is 3.39. The molecular formula is C15H10N2O2S. The van der Waals surface area contributed by atoms with Gasteiger partial charge in [-0.1, -0.05) is 11.8 Å². The molecule has 0 spiro atoms. The number of nitrogens with zero attached hydrogens (tertiary/aromatic N) is 1.